The number of allylic oxidation sites excluding steroid dienone is 1. The van der Waals surface area contributed by atoms with E-state index in [0.29, 0.717) is 31.2 Å². The van der Waals surface area contributed by atoms with E-state index >= 15 is 0 Å². The van der Waals surface area contributed by atoms with Gasteiger partial charge in [-0.25, -0.2) is 14.2 Å². The molecule has 0 unspecified atom stereocenters. The Morgan fingerprint density at radius 3 is 2.71 bits per heavy atom. The molecule has 1 aliphatic rings. The molecule has 2 aromatic heterocycles. The molecule has 3 heterocycles. The second-order valence-corrected chi connectivity index (χ2v) is 7.61. The molecule has 1 N–H and O–H groups in total. The molecule has 0 radical (unpaired) electrons. The summed E-state index contributed by atoms with van der Waals surface area (Å²) in [5, 5.41) is 9.26. The number of nitrogens with zero attached hydrogens (tertiary/aromatic N) is 3. The topological polar surface area (TPSA) is 75.4 Å². The van der Waals surface area contributed by atoms with Crippen molar-refractivity contribution in [1.82, 2.24) is 9.55 Å². The van der Waals surface area contributed by atoms with Gasteiger partial charge in [-0.15, -0.1) is 0 Å². The first kappa shape index (κ1) is 20.0. The SMILES string of the molecule is CCn1cc(C(=O)O)c(=O)c2cc(F)c(N3CCCC(C(C)C)=C(C)C3)nc21. The molecule has 6 nitrogen and oxygen atoms in total. The third-order valence-electron chi connectivity index (χ3n) is 5.40. The quantitative estimate of drug-likeness (QED) is 0.807. The van der Waals surface area contributed by atoms with Crippen molar-refractivity contribution in [3.63, 3.8) is 0 Å². The number of halogens is 1. The molecule has 0 bridgehead atoms. The van der Waals surface area contributed by atoms with E-state index in [9.17, 15) is 19.1 Å². The van der Waals surface area contributed by atoms with Gasteiger partial charge in [-0.3, -0.25) is 4.79 Å². The van der Waals surface area contributed by atoms with Crippen LogP contribution in [0.25, 0.3) is 11.0 Å². The minimum Gasteiger partial charge on any atom is -0.477 e. The third kappa shape index (κ3) is 3.53. The number of aryl methyl sites for hydroxylation is 1. The number of carboxylic acids is 1. The summed E-state index contributed by atoms with van der Waals surface area (Å²) in [6, 6.07) is 1.13. The van der Waals surface area contributed by atoms with E-state index in [4.69, 9.17) is 0 Å². The lowest BCUT2D eigenvalue weighted by Crippen LogP contribution is -2.28. The Bertz CT molecular complexity index is 1020. The van der Waals surface area contributed by atoms with E-state index in [1.807, 2.05) is 11.8 Å². The molecule has 0 aliphatic carbocycles. The predicted molar refractivity (Wildman–Crippen MR) is 108 cm³/mol. The highest BCUT2D eigenvalue weighted by Crippen LogP contribution is 2.28. The minimum absolute atomic E-state index is 0.00652. The first-order valence-corrected chi connectivity index (χ1v) is 9.65. The number of aromatic carboxylic acids is 1. The lowest BCUT2D eigenvalue weighted by molar-refractivity contribution is 0.0695. The highest BCUT2D eigenvalue weighted by molar-refractivity contribution is 5.92. The normalized spacial score (nSPS) is 15.4. The monoisotopic (exact) mass is 387 g/mol. The van der Waals surface area contributed by atoms with Crippen molar-refractivity contribution in [2.45, 2.75) is 47.1 Å². The van der Waals surface area contributed by atoms with Crippen LogP contribution in [-0.2, 0) is 6.54 Å². The summed E-state index contributed by atoms with van der Waals surface area (Å²) >= 11 is 0. The fourth-order valence-corrected chi connectivity index (χ4v) is 3.99. The smallest absolute Gasteiger partial charge is 0.341 e. The van der Waals surface area contributed by atoms with Gasteiger partial charge in [0.2, 0.25) is 5.43 Å². The number of fused-ring (bicyclic) bond motifs is 1. The molecule has 0 amide bonds. The van der Waals surface area contributed by atoms with Crippen molar-refractivity contribution in [2.24, 2.45) is 5.92 Å². The average molecular weight is 387 g/mol. The van der Waals surface area contributed by atoms with Gasteiger partial charge in [0.05, 0.1) is 5.39 Å². The summed E-state index contributed by atoms with van der Waals surface area (Å²) in [6.45, 7) is 9.93. The molecule has 0 saturated carbocycles. The van der Waals surface area contributed by atoms with Gasteiger partial charge in [-0.05, 0) is 38.7 Å². The molecule has 0 fully saturated rings. The van der Waals surface area contributed by atoms with Crippen LogP contribution in [0.3, 0.4) is 0 Å². The average Bonchev–Trinajstić information content (AvgIpc) is 2.83. The number of pyridine rings is 2. The van der Waals surface area contributed by atoms with Crippen molar-refractivity contribution in [3.05, 3.63) is 45.0 Å². The van der Waals surface area contributed by atoms with Crippen LogP contribution in [0.5, 0.6) is 0 Å². The Morgan fingerprint density at radius 1 is 1.39 bits per heavy atom. The molecule has 2 aromatic rings. The van der Waals surface area contributed by atoms with Crippen LogP contribution < -0.4 is 10.3 Å². The summed E-state index contributed by atoms with van der Waals surface area (Å²) in [7, 11) is 0. The number of carbonyl (C=O) groups is 1. The molecule has 28 heavy (non-hydrogen) atoms. The van der Waals surface area contributed by atoms with Gasteiger partial charge < -0.3 is 14.6 Å². The van der Waals surface area contributed by atoms with E-state index in [0.717, 1.165) is 18.9 Å². The Hall–Kier alpha value is -2.70. The highest BCUT2D eigenvalue weighted by atomic mass is 19.1. The maximum atomic E-state index is 15.0. The van der Waals surface area contributed by atoms with E-state index in [1.54, 1.807) is 4.57 Å². The lowest BCUT2D eigenvalue weighted by Gasteiger charge is -2.24. The molecule has 0 aromatic carbocycles. The molecule has 0 atom stereocenters. The Labute approximate surface area is 163 Å². The summed E-state index contributed by atoms with van der Waals surface area (Å²) < 4.78 is 16.5. The Balaban J connectivity index is 2.16. The molecule has 0 spiro atoms. The number of rotatable bonds is 4. The summed E-state index contributed by atoms with van der Waals surface area (Å²) in [6.07, 6.45) is 3.17. The van der Waals surface area contributed by atoms with Crippen molar-refractivity contribution >= 4 is 22.8 Å². The van der Waals surface area contributed by atoms with Crippen LogP contribution >= 0.6 is 0 Å². The molecular formula is C21H26FN3O3. The molecule has 0 saturated heterocycles. The van der Waals surface area contributed by atoms with Crippen molar-refractivity contribution in [1.29, 1.82) is 0 Å². The second kappa shape index (κ2) is 7.73. The van der Waals surface area contributed by atoms with Gasteiger partial charge >= 0.3 is 5.97 Å². The van der Waals surface area contributed by atoms with Crippen molar-refractivity contribution < 1.29 is 14.3 Å². The maximum Gasteiger partial charge on any atom is 0.341 e. The van der Waals surface area contributed by atoms with Crippen LogP contribution in [0, 0.1) is 11.7 Å². The van der Waals surface area contributed by atoms with Crippen LogP contribution in [0.15, 0.2) is 28.2 Å². The van der Waals surface area contributed by atoms with Gasteiger partial charge in [-0.2, -0.15) is 0 Å². The van der Waals surface area contributed by atoms with Gasteiger partial charge in [0.15, 0.2) is 11.6 Å². The number of carboxylic acid groups (broad SMARTS) is 1. The Morgan fingerprint density at radius 2 is 2.11 bits per heavy atom. The fourth-order valence-electron chi connectivity index (χ4n) is 3.99. The van der Waals surface area contributed by atoms with Crippen LogP contribution in [0.4, 0.5) is 10.2 Å². The number of hydrogen-bond acceptors (Lipinski definition) is 4. The zero-order chi connectivity index (χ0) is 20.6. The first-order chi connectivity index (χ1) is 13.2. The van der Waals surface area contributed by atoms with Crippen LogP contribution in [-0.4, -0.2) is 33.7 Å². The summed E-state index contributed by atoms with van der Waals surface area (Å²) in [4.78, 5) is 30.2. The zero-order valence-corrected chi connectivity index (χ0v) is 16.8. The Kier molecular flexibility index (Phi) is 5.54. The third-order valence-corrected chi connectivity index (χ3v) is 5.40. The summed E-state index contributed by atoms with van der Waals surface area (Å²) in [5.41, 5.74) is 1.85. The van der Waals surface area contributed by atoms with Crippen molar-refractivity contribution in [2.75, 3.05) is 18.0 Å². The largest absolute Gasteiger partial charge is 0.477 e. The van der Waals surface area contributed by atoms with Gasteiger partial charge in [0.1, 0.15) is 11.2 Å². The van der Waals surface area contributed by atoms with Gasteiger partial charge in [-0.1, -0.05) is 25.0 Å². The van der Waals surface area contributed by atoms with E-state index in [-0.39, 0.29) is 16.8 Å². The highest BCUT2D eigenvalue weighted by Gasteiger charge is 2.23. The molecule has 3 rings (SSSR count). The van der Waals surface area contributed by atoms with E-state index in [2.05, 4.69) is 25.8 Å². The summed E-state index contributed by atoms with van der Waals surface area (Å²) in [5.74, 6) is -1.26. The van der Waals surface area contributed by atoms with Crippen molar-refractivity contribution in [3.8, 4) is 0 Å². The molecule has 1 aliphatic heterocycles. The van der Waals surface area contributed by atoms with E-state index < -0.39 is 17.2 Å². The molecular weight excluding hydrogens is 361 g/mol. The molecule has 150 valence electrons. The lowest BCUT2D eigenvalue weighted by atomic mass is 9.95. The van der Waals surface area contributed by atoms with Crippen LogP contribution in [0.2, 0.25) is 0 Å². The number of aromatic nitrogens is 2. The van der Waals surface area contributed by atoms with E-state index in [1.165, 1.54) is 17.3 Å². The molecule has 7 heteroatoms. The zero-order valence-electron chi connectivity index (χ0n) is 16.8. The fraction of sp³-hybridized carbons (Fsp3) is 0.476. The second-order valence-electron chi connectivity index (χ2n) is 7.61. The minimum atomic E-state index is -1.33. The predicted octanol–water partition coefficient (Wildman–Crippen LogP) is 3.83. The maximum absolute atomic E-state index is 15.0. The van der Waals surface area contributed by atoms with Crippen LogP contribution in [0.1, 0.15) is 50.9 Å². The first-order valence-electron chi connectivity index (χ1n) is 9.65. The standard InChI is InChI=1S/C21H26FN3O3/c1-5-24-11-16(21(27)28)18(26)15-9-17(22)20(23-19(15)24)25-8-6-7-14(12(2)3)13(4)10-25/h9,11-12H,5-8,10H2,1-4H3,(H,27,28). The van der Waals surface area contributed by atoms with Gasteiger partial charge in [0.25, 0.3) is 0 Å². The number of anilines is 1. The van der Waals surface area contributed by atoms with Gasteiger partial charge in [0, 0.05) is 25.8 Å². The number of hydrogen-bond donors (Lipinski definition) is 1.